The van der Waals surface area contributed by atoms with Crippen LogP contribution in [0.5, 0.6) is 0 Å². The summed E-state index contributed by atoms with van der Waals surface area (Å²) in [5.74, 6) is 4.28. The highest BCUT2D eigenvalue weighted by Crippen LogP contribution is 2.75. The van der Waals surface area contributed by atoms with Crippen LogP contribution in [-0.2, 0) is 11.3 Å². The molecule has 3 saturated carbocycles. The van der Waals surface area contributed by atoms with Crippen LogP contribution in [0.3, 0.4) is 0 Å². The van der Waals surface area contributed by atoms with Gasteiger partial charge in [0, 0.05) is 6.07 Å². The zero-order valence-electron chi connectivity index (χ0n) is 12.8. The number of rotatable bonds is 5. The van der Waals surface area contributed by atoms with Crippen LogP contribution in [0.1, 0.15) is 12.0 Å². The van der Waals surface area contributed by atoms with Crippen molar-refractivity contribution in [3.63, 3.8) is 0 Å². The summed E-state index contributed by atoms with van der Waals surface area (Å²) in [6.45, 7) is 0.140. The fourth-order valence-electron chi connectivity index (χ4n) is 5.71. The van der Waals surface area contributed by atoms with Crippen LogP contribution in [0.25, 0.3) is 0 Å². The quantitative estimate of drug-likeness (QED) is 0.470. The van der Waals surface area contributed by atoms with E-state index in [4.69, 9.17) is 4.74 Å². The minimum atomic E-state index is -0.621. The molecule has 4 aliphatic carbocycles. The van der Waals surface area contributed by atoms with Crippen LogP contribution in [0.4, 0.5) is 11.4 Å². The fraction of sp³-hybridized carbons (Fsp3) is 0.529. The van der Waals surface area contributed by atoms with Gasteiger partial charge in [0.2, 0.25) is 0 Å². The maximum absolute atomic E-state index is 11.2. The van der Waals surface area contributed by atoms with Gasteiger partial charge >= 0.3 is 0 Å². The number of benzene rings is 1. The lowest BCUT2D eigenvalue weighted by atomic mass is 9.44. The molecule has 0 bridgehead atoms. The molecule has 0 aliphatic heterocycles. The summed E-state index contributed by atoms with van der Waals surface area (Å²) in [7, 11) is 0. The summed E-state index contributed by atoms with van der Waals surface area (Å²) >= 11 is 0. The van der Waals surface area contributed by atoms with E-state index in [1.165, 1.54) is 12.1 Å². The lowest BCUT2D eigenvalue weighted by Crippen LogP contribution is -2.57. The molecule has 0 radical (unpaired) electrons. The molecular formula is C17H16N2O5. The lowest BCUT2D eigenvalue weighted by Gasteiger charge is -2.60. The van der Waals surface area contributed by atoms with Crippen molar-refractivity contribution in [3.05, 3.63) is 56.1 Å². The number of nitro groups is 2. The van der Waals surface area contributed by atoms with E-state index in [0.29, 0.717) is 17.4 Å². The molecule has 124 valence electrons. The fourth-order valence-corrected chi connectivity index (χ4v) is 5.71. The molecule has 0 saturated heterocycles. The number of ether oxygens (including phenoxy) is 1. The topological polar surface area (TPSA) is 95.5 Å². The number of non-ortho nitro benzene ring substituents is 1. The Labute approximate surface area is 137 Å². The minimum absolute atomic E-state index is 0.140. The maximum atomic E-state index is 11.2. The maximum Gasteiger partial charge on any atom is 0.281 e. The average molecular weight is 328 g/mol. The van der Waals surface area contributed by atoms with E-state index in [-0.39, 0.29) is 24.1 Å². The first-order valence-corrected chi connectivity index (χ1v) is 8.28. The molecule has 4 aliphatic rings. The van der Waals surface area contributed by atoms with E-state index in [9.17, 15) is 20.2 Å². The van der Waals surface area contributed by atoms with Crippen molar-refractivity contribution in [2.45, 2.75) is 19.1 Å². The average Bonchev–Trinajstić information content (AvgIpc) is 2.81. The van der Waals surface area contributed by atoms with E-state index in [1.807, 2.05) is 0 Å². The van der Waals surface area contributed by atoms with Crippen molar-refractivity contribution in [3.8, 4) is 0 Å². The summed E-state index contributed by atoms with van der Waals surface area (Å²) in [4.78, 5) is 20.8. The zero-order chi connectivity index (χ0) is 16.6. The van der Waals surface area contributed by atoms with Gasteiger partial charge in [0.05, 0.1) is 34.2 Å². The second kappa shape index (κ2) is 4.63. The molecule has 7 atom stereocenters. The number of hydrogen-bond donors (Lipinski definition) is 0. The molecule has 24 heavy (non-hydrogen) atoms. The summed E-state index contributed by atoms with van der Waals surface area (Å²) in [5, 5.41) is 22.0. The van der Waals surface area contributed by atoms with E-state index in [0.717, 1.165) is 36.2 Å². The monoisotopic (exact) mass is 328 g/mol. The third kappa shape index (κ3) is 1.65. The van der Waals surface area contributed by atoms with Gasteiger partial charge < -0.3 is 4.74 Å². The highest BCUT2D eigenvalue weighted by Gasteiger charge is 2.72. The minimum Gasteiger partial charge on any atom is -0.373 e. The van der Waals surface area contributed by atoms with Crippen molar-refractivity contribution in [2.75, 3.05) is 0 Å². The van der Waals surface area contributed by atoms with E-state index < -0.39 is 9.85 Å². The highest BCUT2D eigenvalue weighted by molar-refractivity contribution is 5.48. The summed E-state index contributed by atoms with van der Waals surface area (Å²) < 4.78 is 6.06. The molecule has 7 heteroatoms. The summed E-state index contributed by atoms with van der Waals surface area (Å²) in [5.41, 5.74) is -0.104. The molecule has 0 spiro atoms. The smallest absolute Gasteiger partial charge is 0.281 e. The first-order valence-electron chi connectivity index (χ1n) is 8.28. The Balaban J connectivity index is 1.33. The number of nitro benzene ring substituents is 2. The van der Waals surface area contributed by atoms with Gasteiger partial charge in [-0.15, -0.1) is 0 Å². The second-order valence-corrected chi connectivity index (χ2v) is 7.35. The van der Waals surface area contributed by atoms with Gasteiger partial charge in [0.25, 0.3) is 11.4 Å². The zero-order valence-corrected chi connectivity index (χ0v) is 12.8. The van der Waals surface area contributed by atoms with Gasteiger partial charge in [-0.2, -0.15) is 0 Å². The van der Waals surface area contributed by atoms with Crippen LogP contribution < -0.4 is 0 Å². The van der Waals surface area contributed by atoms with E-state index in [1.54, 1.807) is 0 Å². The summed E-state index contributed by atoms with van der Waals surface area (Å²) in [6.07, 6.45) is 5.90. The Kier molecular flexibility index (Phi) is 2.72. The van der Waals surface area contributed by atoms with Crippen molar-refractivity contribution in [1.29, 1.82) is 0 Å². The van der Waals surface area contributed by atoms with Gasteiger partial charge in [0.15, 0.2) is 0 Å². The first-order chi connectivity index (χ1) is 11.6. The lowest BCUT2D eigenvalue weighted by molar-refractivity contribution is -0.394. The molecule has 7 nitrogen and oxygen atoms in total. The molecule has 3 fully saturated rings. The third-order valence-electron chi connectivity index (χ3n) is 6.63. The molecule has 0 N–H and O–H groups in total. The Hall–Kier alpha value is -2.28. The standard InChI is InChI=1S/C17H16N2O5/c20-18(21)9-2-1-8(13(5-9)19(22)23)7-24-14-6-12-10-3-4-11-15(10)17(12)16(11)14/h1-5,10-12,14-17H,6-7H2/t10-,11-,12-,14+,15-,16-,17-/m0/s1. The largest absolute Gasteiger partial charge is 0.373 e. The van der Waals surface area contributed by atoms with E-state index >= 15 is 0 Å². The van der Waals surface area contributed by atoms with Crippen LogP contribution >= 0.6 is 0 Å². The number of nitrogens with zero attached hydrogens (tertiary/aromatic N) is 2. The molecule has 0 amide bonds. The van der Waals surface area contributed by atoms with Crippen molar-refractivity contribution in [2.24, 2.45) is 35.5 Å². The molecule has 0 aromatic heterocycles. The highest BCUT2D eigenvalue weighted by atomic mass is 16.6. The van der Waals surface area contributed by atoms with Gasteiger partial charge in [-0.3, -0.25) is 20.2 Å². The second-order valence-electron chi connectivity index (χ2n) is 7.35. The number of allylic oxidation sites excluding steroid dienone is 2. The number of hydrogen-bond acceptors (Lipinski definition) is 5. The molecular weight excluding hydrogens is 312 g/mol. The molecule has 5 rings (SSSR count). The first kappa shape index (κ1) is 14.1. The molecule has 1 aromatic rings. The van der Waals surface area contributed by atoms with Crippen LogP contribution in [0, 0.1) is 55.7 Å². The number of fused-ring (bicyclic) bond motifs is 2. The van der Waals surface area contributed by atoms with Crippen LogP contribution in [0.15, 0.2) is 30.4 Å². The van der Waals surface area contributed by atoms with Crippen molar-refractivity contribution >= 4 is 11.4 Å². The predicted molar refractivity (Wildman–Crippen MR) is 83.0 cm³/mol. The normalized spacial score (nSPS) is 39.9. The Bertz CT molecular complexity index is 791. The third-order valence-corrected chi connectivity index (χ3v) is 6.63. The Morgan fingerprint density at radius 1 is 1.04 bits per heavy atom. The predicted octanol–water partition coefficient (Wildman–Crippen LogP) is 3.09. The SMILES string of the molecule is O=[N+]([O-])c1ccc(CO[C@@H]2C[C@H]3[C@@H]4C=C[C@H]5[C@H]4[C@H]3[C@@H]52)c([N+](=O)[O-])c1. The van der Waals surface area contributed by atoms with Crippen LogP contribution in [-0.4, -0.2) is 16.0 Å². The summed E-state index contributed by atoms with van der Waals surface area (Å²) in [6, 6.07) is 3.75. The van der Waals surface area contributed by atoms with Gasteiger partial charge in [-0.05, 0) is 48.0 Å². The van der Waals surface area contributed by atoms with Crippen LogP contribution in [0.2, 0.25) is 0 Å². The van der Waals surface area contributed by atoms with Gasteiger partial charge in [-0.1, -0.05) is 12.2 Å². The Morgan fingerprint density at radius 3 is 2.58 bits per heavy atom. The van der Waals surface area contributed by atoms with E-state index in [2.05, 4.69) is 12.2 Å². The molecule has 0 unspecified atom stereocenters. The van der Waals surface area contributed by atoms with Gasteiger partial charge in [-0.25, -0.2) is 0 Å². The Morgan fingerprint density at radius 2 is 1.83 bits per heavy atom. The molecule has 1 aromatic carbocycles. The van der Waals surface area contributed by atoms with Crippen molar-refractivity contribution in [1.82, 2.24) is 0 Å². The van der Waals surface area contributed by atoms with Crippen molar-refractivity contribution < 1.29 is 14.6 Å². The molecule has 0 heterocycles. The van der Waals surface area contributed by atoms with Gasteiger partial charge in [0.1, 0.15) is 0 Å².